The van der Waals surface area contributed by atoms with E-state index in [1.807, 2.05) is 4.68 Å². The van der Waals surface area contributed by atoms with E-state index in [4.69, 9.17) is 5.26 Å². The van der Waals surface area contributed by atoms with E-state index in [0.29, 0.717) is 13.0 Å². The molecule has 1 aliphatic rings. The second kappa shape index (κ2) is 6.18. The Kier molecular flexibility index (Phi) is 4.08. The molecule has 2 heterocycles. The van der Waals surface area contributed by atoms with Gasteiger partial charge in [0.1, 0.15) is 0 Å². The summed E-state index contributed by atoms with van der Waals surface area (Å²) in [5.41, 5.74) is 4.14. The standard InChI is InChI=1S/C16H17N5O2/c1-19-10-7-15-14(11-19)16(18-20(15)9-2-8-17)12-3-5-13(6-4-12)21(22)23/h3-6H,2,7,9-11H2,1H3. The first-order chi connectivity index (χ1) is 11.1. The number of rotatable bonds is 4. The molecule has 1 aromatic heterocycles. The minimum Gasteiger partial charge on any atom is -0.302 e. The molecule has 7 nitrogen and oxygen atoms in total. The summed E-state index contributed by atoms with van der Waals surface area (Å²) < 4.78 is 1.92. The monoisotopic (exact) mass is 311 g/mol. The van der Waals surface area contributed by atoms with Crippen LogP contribution in [-0.4, -0.2) is 33.2 Å². The van der Waals surface area contributed by atoms with Gasteiger partial charge in [0, 0.05) is 48.5 Å². The number of benzene rings is 1. The molecule has 1 aliphatic heterocycles. The molecule has 0 saturated carbocycles. The fourth-order valence-corrected chi connectivity index (χ4v) is 2.94. The zero-order chi connectivity index (χ0) is 16.4. The van der Waals surface area contributed by atoms with Gasteiger partial charge in [-0.15, -0.1) is 0 Å². The fraction of sp³-hybridized carbons (Fsp3) is 0.375. The summed E-state index contributed by atoms with van der Waals surface area (Å²) in [5, 5.41) is 24.3. The summed E-state index contributed by atoms with van der Waals surface area (Å²) in [6.45, 7) is 2.34. The van der Waals surface area contributed by atoms with E-state index >= 15 is 0 Å². The third-order valence-electron chi connectivity index (χ3n) is 4.11. The van der Waals surface area contributed by atoms with E-state index in [1.54, 1.807) is 12.1 Å². The van der Waals surface area contributed by atoms with Crippen LogP contribution >= 0.6 is 0 Å². The third-order valence-corrected chi connectivity index (χ3v) is 4.11. The van der Waals surface area contributed by atoms with Crippen molar-refractivity contribution in [1.29, 1.82) is 5.26 Å². The zero-order valence-corrected chi connectivity index (χ0v) is 12.9. The first-order valence-corrected chi connectivity index (χ1v) is 7.49. The molecule has 0 spiro atoms. The molecule has 0 bridgehead atoms. The van der Waals surface area contributed by atoms with Gasteiger partial charge in [-0.05, 0) is 19.2 Å². The molecule has 0 radical (unpaired) electrons. The van der Waals surface area contributed by atoms with Crippen LogP contribution in [0.25, 0.3) is 11.3 Å². The molecule has 0 saturated heterocycles. The van der Waals surface area contributed by atoms with E-state index in [9.17, 15) is 10.1 Å². The highest BCUT2D eigenvalue weighted by atomic mass is 16.6. The molecule has 1 aromatic carbocycles. The molecule has 3 rings (SSSR count). The number of non-ortho nitro benzene ring substituents is 1. The minimum atomic E-state index is -0.404. The van der Waals surface area contributed by atoms with Crippen molar-refractivity contribution >= 4 is 5.69 Å². The highest BCUT2D eigenvalue weighted by Crippen LogP contribution is 2.30. The van der Waals surface area contributed by atoms with Crippen molar-refractivity contribution in [2.75, 3.05) is 13.6 Å². The Bertz CT molecular complexity index is 773. The number of aromatic nitrogens is 2. The van der Waals surface area contributed by atoms with Crippen LogP contribution in [0.1, 0.15) is 17.7 Å². The molecular weight excluding hydrogens is 294 g/mol. The molecule has 0 N–H and O–H groups in total. The lowest BCUT2D eigenvalue weighted by Gasteiger charge is -2.23. The molecule has 2 aromatic rings. The molecule has 7 heteroatoms. The van der Waals surface area contributed by atoms with Crippen LogP contribution < -0.4 is 0 Å². The average molecular weight is 311 g/mol. The molecule has 118 valence electrons. The molecule has 23 heavy (non-hydrogen) atoms. The Morgan fingerprint density at radius 3 is 2.78 bits per heavy atom. The number of nitrogens with zero attached hydrogens (tertiary/aromatic N) is 5. The summed E-state index contributed by atoms with van der Waals surface area (Å²) >= 11 is 0. The summed E-state index contributed by atoms with van der Waals surface area (Å²) in [5.74, 6) is 0. The molecular formula is C16H17N5O2. The second-order valence-corrected chi connectivity index (χ2v) is 5.70. The van der Waals surface area contributed by atoms with Crippen LogP contribution in [0.4, 0.5) is 5.69 Å². The van der Waals surface area contributed by atoms with E-state index in [0.717, 1.165) is 36.3 Å². The van der Waals surface area contributed by atoms with Gasteiger partial charge < -0.3 is 4.90 Å². The lowest BCUT2D eigenvalue weighted by Crippen LogP contribution is -2.27. The van der Waals surface area contributed by atoms with Crippen LogP contribution in [0.5, 0.6) is 0 Å². The maximum atomic E-state index is 10.8. The van der Waals surface area contributed by atoms with Gasteiger partial charge in [-0.25, -0.2) is 0 Å². The van der Waals surface area contributed by atoms with Crippen LogP contribution in [-0.2, 0) is 19.5 Å². The number of nitriles is 1. The van der Waals surface area contributed by atoms with Crippen molar-refractivity contribution in [2.45, 2.75) is 25.9 Å². The SMILES string of the molecule is CN1CCc2c(c(-c3ccc([N+](=O)[O-])cc3)nn2CCC#N)C1. The topological polar surface area (TPSA) is 88.0 Å². The van der Waals surface area contributed by atoms with Gasteiger partial charge in [0.25, 0.3) is 5.69 Å². The van der Waals surface area contributed by atoms with Crippen LogP contribution in [0.15, 0.2) is 24.3 Å². The average Bonchev–Trinajstić information content (AvgIpc) is 2.90. The normalized spacial score (nSPS) is 14.3. The largest absolute Gasteiger partial charge is 0.302 e. The van der Waals surface area contributed by atoms with Crippen molar-refractivity contribution in [1.82, 2.24) is 14.7 Å². The predicted molar refractivity (Wildman–Crippen MR) is 84.6 cm³/mol. The van der Waals surface area contributed by atoms with Crippen molar-refractivity contribution in [3.8, 4) is 17.3 Å². The first-order valence-electron chi connectivity index (χ1n) is 7.49. The fourth-order valence-electron chi connectivity index (χ4n) is 2.94. The number of hydrogen-bond acceptors (Lipinski definition) is 5. The maximum Gasteiger partial charge on any atom is 0.269 e. The molecule has 0 unspecified atom stereocenters. The summed E-state index contributed by atoms with van der Waals surface area (Å²) in [4.78, 5) is 12.6. The lowest BCUT2D eigenvalue weighted by atomic mass is 10.0. The Morgan fingerprint density at radius 1 is 1.39 bits per heavy atom. The minimum absolute atomic E-state index is 0.0728. The molecule has 0 fully saturated rings. The Labute approximate surface area is 133 Å². The Balaban J connectivity index is 2.02. The summed E-state index contributed by atoms with van der Waals surface area (Å²) in [6, 6.07) is 8.64. The zero-order valence-electron chi connectivity index (χ0n) is 12.9. The van der Waals surface area contributed by atoms with Gasteiger partial charge in [-0.2, -0.15) is 10.4 Å². The van der Waals surface area contributed by atoms with E-state index in [1.165, 1.54) is 17.8 Å². The van der Waals surface area contributed by atoms with Crippen molar-refractivity contribution < 1.29 is 4.92 Å². The number of likely N-dealkylation sites (N-methyl/N-ethyl adjacent to an activating group) is 1. The van der Waals surface area contributed by atoms with Crippen LogP contribution in [0.3, 0.4) is 0 Å². The second-order valence-electron chi connectivity index (χ2n) is 5.70. The van der Waals surface area contributed by atoms with Gasteiger partial charge in [-0.1, -0.05) is 0 Å². The number of hydrogen-bond donors (Lipinski definition) is 0. The number of fused-ring (bicyclic) bond motifs is 1. The molecule has 0 atom stereocenters. The third kappa shape index (κ3) is 2.94. The predicted octanol–water partition coefficient (Wildman–Crippen LogP) is 2.36. The lowest BCUT2D eigenvalue weighted by molar-refractivity contribution is -0.384. The van der Waals surface area contributed by atoms with Crippen LogP contribution in [0.2, 0.25) is 0 Å². The first kappa shape index (κ1) is 15.2. The molecule has 0 amide bonds. The maximum absolute atomic E-state index is 10.8. The van der Waals surface area contributed by atoms with Gasteiger partial charge in [0.2, 0.25) is 0 Å². The smallest absolute Gasteiger partial charge is 0.269 e. The van der Waals surface area contributed by atoms with E-state index < -0.39 is 4.92 Å². The summed E-state index contributed by atoms with van der Waals surface area (Å²) in [6.07, 6.45) is 1.32. The van der Waals surface area contributed by atoms with Crippen molar-refractivity contribution in [3.05, 3.63) is 45.6 Å². The van der Waals surface area contributed by atoms with Gasteiger partial charge >= 0.3 is 0 Å². The number of aryl methyl sites for hydroxylation is 1. The Morgan fingerprint density at radius 2 is 2.13 bits per heavy atom. The molecule has 0 aliphatic carbocycles. The highest BCUT2D eigenvalue weighted by molar-refractivity contribution is 5.65. The quantitative estimate of drug-likeness (QED) is 0.639. The summed E-state index contributed by atoms with van der Waals surface area (Å²) in [7, 11) is 2.06. The van der Waals surface area contributed by atoms with Crippen molar-refractivity contribution in [2.24, 2.45) is 0 Å². The number of nitro groups is 1. The van der Waals surface area contributed by atoms with Crippen molar-refractivity contribution in [3.63, 3.8) is 0 Å². The van der Waals surface area contributed by atoms with Gasteiger partial charge in [0.05, 0.1) is 29.7 Å². The Hall–Kier alpha value is -2.72. The van der Waals surface area contributed by atoms with Crippen LogP contribution in [0, 0.1) is 21.4 Å². The van der Waals surface area contributed by atoms with E-state index in [-0.39, 0.29) is 5.69 Å². The van der Waals surface area contributed by atoms with Gasteiger partial charge in [0.15, 0.2) is 0 Å². The highest BCUT2D eigenvalue weighted by Gasteiger charge is 2.24. The van der Waals surface area contributed by atoms with E-state index in [2.05, 4.69) is 23.1 Å². The van der Waals surface area contributed by atoms with Gasteiger partial charge in [-0.3, -0.25) is 14.8 Å². The number of nitro benzene ring substituents is 1.